The Hall–Kier alpha value is -2.12. The van der Waals surface area contributed by atoms with Gasteiger partial charge in [0.1, 0.15) is 6.04 Å². The highest BCUT2D eigenvalue weighted by Crippen LogP contribution is 2.37. The second kappa shape index (κ2) is 10.3. The summed E-state index contributed by atoms with van der Waals surface area (Å²) in [7, 11) is 0. The molecule has 1 spiro atoms. The van der Waals surface area contributed by atoms with Gasteiger partial charge in [0.15, 0.2) is 0 Å². The molecular formula is C22H30ClN3O4. The van der Waals surface area contributed by atoms with Crippen molar-refractivity contribution in [1.82, 2.24) is 15.5 Å². The van der Waals surface area contributed by atoms with Crippen LogP contribution in [-0.4, -0.2) is 61.5 Å². The summed E-state index contributed by atoms with van der Waals surface area (Å²) in [4.78, 5) is 40.0. The van der Waals surface area contributed by atoms with Gasteiger partial charge in [-0.1, -0.05) is 18.0 Å². The number of hydrogen-bond acceptors (Lipinski definition) is 4. The SMILES string of the molecule is C[C@@H]1NC(=O)C2(CCCCOCCNC1=O)CCN(C(=O)c1ccc(Cl)cc1)CC2. The number of nitrogens with one attached hydrogen (secondary N) is 2. The molecule has 0 aliphatic carbocycles. The normalized spacial score (nSPS) is 23.5. The summed E-state index contributed by atoms with van der Waals surface area (Å²) >= 11 is 5.92. The van der Waals surface area contributed by atoms with Gasteiger partial charge < -0.3 is 20.3 Å². The van der Waals surface area contributed by atoms with E-state index in [9.17, 15) is 14.4 Å². The average molecular weight is 436 g/mol. The van der Waals surface area contributed by atoms with E-state index < -0.39 is 11.5 Å². The van der Waals surface area contributed by atoms with Crippen LogP contribution in [0.3, 0.4) is 0 Å². The first-order valence-corrected chi connectivity index (χ1v) is 11.0. The molecule has 164 valence electrons. The van der Waals surface area contributed by atoms with Crippen molar-refractivity contribution in [2.24, 2.45) is 5.41 Å². The van der Waals surface area contributed by atoms with Crippen LogP contribution in [0.1, 0.15) is 49.4 Å². The lowest BCUT2D eigenvalue weighted by Crippen LogP contribution is -2.54. The Bertz CT molecular complexity index is 760. The predicted octanol–water partition coefficient (Wildman–Crippen LogP) is 2.38. The smallest absolute Gasteiger partial charge is 0.253 e. The van der Waals surface area contributed by atoms with E-state index in [2.05, 4.69) is 10.6 Å². The predicted molar refractivity (Wildman–Crippen MR) is 114 cm³/mol. The molecule has 2 fully saturated rings. The van der Waals surface area contributed by atoms with Crippen molar-refractivity contribution >= 4 is 29.3 Å². The largest absolute Gasteiger partial charge is 0.380 e. The quantitative estimate of drug-likeness (QED) is 0.709. The molecule has 1 aromatic rings. The number of ether oxygens (including phenoxy) is 1. The molecule has 2 saturated heterocycles. The summed E-state index contributed by atoms with van der Waals surface area (Å²) in [6.45, 7) is 4.23. The van der Waals surface area contributed by atoms with Crippen molar-refractivity contribution in [3.8, 4) is 0 Å². The fourth-order valence-electron chi connectivity index (χ4n) is 4.09. The van der Waals surface area contributed by atoms with Gasteiger partial charge in [-0.15, -0.1) is 0 Å². The van der Waals surface area contributed by atoms with Crippen molar-refractivity contribution in [1.29, 1.82) is 0 Å². The number of hydrogen-bond donors (Lipinski definition) is 2. The molecule has 3 rings (SSSR count). The minimum atomic E-state index is -0.608. The zero-order chi connectivity index (χ0) is 21.6. The summed E-state index contributed by atoms with van der Waals surface area (Å²) in [5.41, 5.74) is 0.0245. The van der Waals surface area contributed by atoms with Crippen molar-refractivity contribution in [2.45, 2.75) is 45.1 Å². The number of halogens is 1. The molecule has 0 aromatic heterocycles. The first kappa shape index (κ1) is 22.6. The van der Waals surface area contributed by atoms with Crippen LogP contribution >= 0.6 is 11.6 Å². The maximum absolute atomic E-state index is 13.2. The Morgan fingerprint density at radius 2 is 1.80 bits per heavy atom. The lowest BCUT2D eigenvalue weighted by Gasteiger charge is -2.41. The van der Waals surface area contributed by atoms with Crippen LogP contribution in [0.2, 0.25) is 5.02 Å². The molecule has 2 heterocycles. The fraction of sp³-hybridized carbons (Fsp3) is 0.591. The molecule has 0 unspecified atom stereocenters. The molecule has 3 amide bonds. The molecule has 0 bridgehead atoms. The summed E-state index contributed by atoms with van der Waals surface area (Å²) in [5.74, 6) is -0.353. The van der Waals surface area contributed by atoms with Crippen molar-refractivity contribution in [3.63, 3.8) is 0 Å². The number of benzene rings is 1. The molecule has 30 heavy (non-hydrogen) atoms. The third-order valence-electron chi connectivity index (χ3n) is 6.06. The number of rotatable bonds is 1. The zero-order valence-corrected chi connectivity index (χ0v) is 18.2. The van der Waals surface area contributed by atoms with E-state index in [1.807, 2.05) is 0 Å². The van der Waals surface area contributed by atoms with Crippen LogP contribution in [0.5, 0.6) is 0 Å². The summed E-state index contributed by atoms with van der Waals surface area (Å²) < 4.78 is 5.56. The molecule has 2 aliphatic heterocycles. The van der Waals surface area contributed by atoms with Crippen molar-refractivity contribution in [2.75, 3.05) is 32.8 Å². The average Bonchev–Trinajstić information content (AvgIpc) is 2.76. The van der Waals surface area contributed by atoms with E-state index in [1.165, 1.54) is 0 Å². The lowest BCUT2D eigenvalue weighted by molar-refractivity contribution is -0.137. The van der Waals surface area contributed by atoms with Crippen LogP contribution < -0.4 is 10.6 Å². The van der Waals surface area contributed by atoms with Gasteiger partial charge in [-0.25, -0.2) is 0 Å². The fourth-order valence-corrected chi connectivity index (χ4v) is 4.21. The minimum absolute atomic E-state index is 0.0484. The van der Waals surface area contributed by atoms with Gasteiger partial charge in [0.05, 0.1) is 12.0 Å². The second-order valence-electron chi connectivity index (χ2n) is 8.14. The monoisotopic (exact) mass is 435 g/mol. The molecule has 8 heteroatoms. The first-order chi connectivity index (χ1) is 14.4. The van der Waals surface area contributed by atoms with Gasteiger partial charge in [0.25, 0.3) is 5.91 Å². The molecule has 1 atom stereocenters. The van der Waals surface area contributed by atoms with Crippen LogP contribution in [-0.2, 0) is 14.3 Å². The maximum Gasteiger partial charge on any atom is 0.253 e. The third kappa shape index (κ3) is 5.52. The molecular weight excluding hydrogens is 406 g/mol. The number of likely N-dealkylation sites (tertiary alicyclic amines) is 1. The molecule has 0 saturated carbocycles. The Labute approximate surface area is 182 Å². The highest BCUT2D eigenvalue weighted by atomic mass is 35.5. The van der Waals surface area contributed by atoms with Crippen molar-refractivity contribution < 1.29 is 19.1 Å². The molecule has 2 N–H and O–H groups in total. The van der Waals surface area contributed by atoms with Gasteiger partial charge in [-0.05, 0) is 56.9 Å². The van der Waals surface area contributed by atoms with Gasteiger partial charge in [0.2, 0.25) is 11.8 Å². The van der Waals surface area contributed by atoms with Crippen LogP contribution in [0.25, 0.3) is 0 Å². The second-order valence-corrected chi connectivity index (χ2v) is 8.57. The Morgan fingerprint density at radius 1 is 1.10 bits per heavy atom. The Kier molecular flexibility index (Phi) is 7.72. The summed E-state index contributed by atoms with van der Waals surface area (Å²) in [6.07, 6.45) is 3.61. The molecule has 1 aromatic carbocycles. The maximum atomic E-state index is 13.2. The highest BCUT2D eigenvalue weighted by Gasteiger charge is 2.42. The highest BCUT2D eigenvalue weighted by molar-refractivity contribution is 6.30. The standard InChI is InChI=1S/C22H30ClN3O4/c1-16-19(27)24-11-15-30-14-3-2-8-22(21(29)25-16)9-12-26(13-10-22)20(28)17-4-6-18(23)7-5-17/h4-7,16H,2-3,8-15H2,1H3,(H,24,27)(H,25,29)/t16-/m0/s1. The van der Waals surface area contributed by atoms with Gasteiger partial charge in [-0.2, -0.15) is 0 Å². The Morgan fingerprint density at radius 3 is 2.50 bits per heavy atom. The Balaban J connectivity index is 1.68. The molecule has 7 nitrogen and oxygen atoms in total. The number of amides is 3. The van der Waals surface area contributed by atoms with Crippen LogP contribution in [0.15, 0.2) is 24.3 Å². The first-order valence-electron chi connectivity index (χ1n) is 10.6. The third-order valence-corrected chi connectivity index (χ3v) is 6.31. The zero-order valence-electron chi connectivity index (χ0n) is 17.4. The molecule has 0 radical (unpaired) electrons. The topological polar surface area (TPSA) is 87.7 Å². The van der Waals surface area contributed by atoms with Gasteiger partial charge in [-0.3, -0.25) is 14.4 Å². The van der Waals surface area contributed by atoms with Crippen LogP contribution in [0, 0.1) is 5.41 Å². The van der Waals surface area contributed by atoms with Gasteiger partial charge >= 0.3 is 0 Å². The van der Waals surface area contributed by atoms with Crippen molar-refractivity contribution in [3.05, 3.63) is 34.9 Å². The number of nitrogens with zero attached hydrogens (tertiary/aromatic N) is 1. The number of carbonyl (C=O) groups is 3. The lowest BCUT2D eigenvalue weighted by atomic mass is 9.73. The molecule has 2 aliphatic rings. The van der Waals surface area contributed by atoms with E-state index in [0.717, 1.165) is 19.3 Å². The van der Waals surface area contributed by atoms with E-state index in [-0.39, 0.29) is 17.7 Å². The van der Waals surface area contributed by atoms with E-state index in [1.54, 1.807) is 36.1 Å². The van der Waals surface area contributed by atoms with E-state index >= 15 is 0 Å². The summed E-state index contributed by atoms with van der Waals surface area (Å²) in [6, 6.07) is 6.25. The number of piperidine rings is 1. The van der Waals surface area contributed by atoms with Crippen LogP contribution in [0.4, 0.5) is 0 Å². The van der Waals surface area contributed by atoms with E-state index in [4.69, 9.17) is 16.3 Å². The van der Waals surface area contributed by atoms with Gasteiger partial charge in [0, 0.05) is 36.8 Å². The summed E-state index contributed by atoms with van der Waals surface area (Å²) in [5, 5.41) is 6.28. The van der Waals surface area contributed by atoms with E-state index in [0.29, 0.717) is 56.3 Å². The number of carbonyl (C=O) groups excluding carboxylic acids is 3. The minimum Gasteiger partial charge on any atom is -0.380 e.